The van der Waals surface area contributed by atoms with E-state index >= 15 is 0 Å². The van der Waals surface area contributed by atoms with Crippen LogP contribution in [0.15, 0.2) is 60.2 Å². The van der Waals surface area contributed by atoms with Crippen LogP contribution >= 0.6 is 23.8 Å². The third-order valence-electron chi connectivity index (χ3n) is 3.11. The van der Waals surface area contributed by atoms with Gasteiger partial charge in [0.1, 0.15) is 18.2 Å². The third kappa shape index (κ3) is 6.17. The highest BCUT2D eigenvalue weighted by Gasteiger charge is 2.07. The molecule has 0 unspecified atom stereocenters. The van der Waals surface area contributed by atoms with Gasteiger partial charge in [0.05, 0.1) is 11.2 Å². The molecule has 2 rings (SSSR count). The van der Waals surface area contributed by atoms with Crippen LogP contribution in [0, 0.1) is 5.82 Å². The highest BCUT2D eigenvalue weighted by atomic mass is 35.5. The summed E-state index contributed by atoms with van der Waals surface area (Å²) in [5.74, 6) is 0.218. The number of thiocarbonyl (C=S) groups is 1. The summed E-state index contributed by atoms with van der Waals surface area (Å²) in [7, 11) is 0. The minimum atomic E-state index is -0.386. The molecule has 25 heavy (non-hydrogen) atoms. The molecule has 0 radical (unpaired) electrons. The van der Waals surface area contributed by atoms with Crippen LogP contribution in [0.4, 0.5) is 4.39 Å². The van der Waals surface area contributed by atoms with Crippen molar-refractivity contribution in [2.45, 2.75) is 6.61 Å². The Hall–Kier alpha value is -2.44. The van der Waals surface area contributed by atoms with Crippen molar-refractivity contribution in [2.24, 2.45) is 5.10 Å². The Morgan fingerprint density at radius 3 is 2.72 bits per heavy atom. The van der Waals surface area contributed by atoms with Crippen molar-refractivity contribution in [2.75, 3.05) is 6.54 Å². The summed E-state index contributed by atoms with van der Waals surface area (Å²) in [4.78, 5) is 0. The van der Waals surface area contributed by atoms with E-state index in [2.05, 4.69) is 22.4 Å². The normalized spacial score (nSPS) is 10.5. The Kier molecular flexibility index (Phi) is 7.37. The Balaban J connectivity index is 1.87. The molecule has 0 fully saturated rings. The number of rotatable bonds is 7. The summed E-state index contributed by atoms with van der Waals surface area (Å²) >= 11 is 11.0. The Labute approximate surface area is 156 Å². The van der Waals surface area contributed by atoms with Gasteiger partial charge in [-0.1, -0.05) is 23.7 Å². The lowest BCUT2D eigenvalue weighted by Gasteiger charge is -2.09. The largest absolute Gasteiger partial charge is 0.489 e. The second-order valence-electron chi connectivity index (χ2n) is 4.93. The van der Waals surface area contributed by atoms with Crippen LogP contribution in [-0.2, 0) is 6.61 Å². The molecule has 0 aromatic heterocycles. The van der Waals surface area contributed by atoms with Gasteiger partial charge in [-0.3, -0.25) is 5.43 Å². The Morgan fingerprint density at radius 2 is 2.04 bits per heavy atom. The van der Waals surface area contributed by atoms with E-state index in [1.54, 1.807) is 36.6 Å². The van der Waals surface area contributed by atoms with E-state index in [0.717, 1.165) is 5.56 Å². The van der Waals surface area contributed by atoms with Gasteiger partial charge in [0.2, 0.25) is 0 Å². The molecule has 2 aromatic rings. The fraction of sp³-hybridized carbons (Fsp3) is 0.111. The monoisotopic (exact) mass is 377 g/mol. The number of nitrogens with zero attached hydrogens (tertiary/aromatic N) is 1. The van der Waals surface area contributed by atoms with Crippen LogP contribution in [0.2, 0.25) is 5.02 Å². The number of hydrogen-bond donors (Lipinski definition) is 2. The molecular weight excluding hydrogens is 361 g/mol. The van der Waals surface area contributed by atoms with Crippen molar-refractivity contribution in [3.05, 3.63) is 77.1 Å². The number of nitrogens with one attached hydrogen (secondary N) is 2. The van der Waals surface area contributed by atoms with Crippen molar-refractivity contribution in [1.82, 2.24) is 10.7 Å². The summed E-state index contributed by atoms with van der Waals surface area (Å²) in [5, 5.41) is 7.67. The van der Waals surface area contributed by atoms with Crippen LogP contribution in [-0.4, -0.2) is 17.9 Å². The van der Waals surface area contributed by atoms with Crippen molar-refractivity contribution < 1.29 is 9.13 Å². The van der Waals surface area contributed by atoms with Crippen molar-refractivity contribution in [3.63, 3.8) is 0 Å². The van der Waals surface area contributed by atoms with E-state index in [9.17, 15) is 4.39 Å². The fourth-order valence-corrected chi connectivity index (χ4v) is 2.20. The molecule has 0 amide bonds. The second kappa shape index (κ2) is 9.76. The average molecular weight is 378 g/mol. The zero-order valence-electron chi connectivity index (χ0n) is 13.3. The standard InChI is InChI=1S/C18H17ClFN3OS/c1-2-10-21-18(25)23-22-11-13-6-8-14(9-7-13)24-12-15-16(19)4-3-5-17(15)20/h2-9,11H,1,10,12H2,(H2,21,23,25). The lowest BCUT2D eigenvalue weighted by Crippen LogP contribution is -2.31. The molecular formula is C18H17ClFN3OS. The SMILES string of the molecule is C=CCNC(=S)NN=Cc1ccc(OCc2c(F)cccc2Cl)cc1. The van der Waals surface area contributed by atoms with E-state index in [-0.39, 0.29) is 12.4 Å². The van der Waals surface area contributed by atoms with Crippen LogP contribution in [0.5, 0.6) is 5.75 Å². The van der Waals surface area contributed by atoms with E-state index in [1.165, 1.54) is 6.07 Å². The first-order valence-corrected chi connectivity index (χ1v) is 8.22. The van der Waals surface area contributed by atoms with Gasteiger partial charge in [-0.25, -0.2) is 4.39 Å². The van der Waals surface area contributed by atoms with Gasteiger partial charge in [0.25, 0.3) is 0 Å². The van der Waals surface area contributed by atoms with Crippen LogP contribution in [0.3, 0.4) is 0 Å². The number of hydrazone groups is 1. The van der Waals surface area contributed by atoms with Gasteiger partial charge >= 0.3 is 0 Å². The first-order chi connectivity index (χ1) is 12.1. The zero-order chi connectivity index (χ0) is 18.1. The minimum Gasteiger partial charge on any atom is -0.489 e. The number of benzene rings is 2. The molecule has 0 spiro atoms. The van der Waals surface area contributed by atoms with Gasteiger partial charge in [-0.05, 0) is 54.2 Å². The molecule has 2 N–H and O–H groups in total. The quantitative estimate of drug-likeness (QED) is 0.331. The maximum absolute atomic E-state index is 13.7. The maximum Gasteiger partial charge on any atom is 0.187 e. The van der Waals surface area contributed by atoms with Crippen LogP contribution < -0.4 is 15.5 Å². The molecule has 0 saturated heterocycles. The summed E-state index contributed by atoms with van der Waals surface area (Å²) in [6.45, 7) is 4.21. The van der Waals surface area contributed by atoms with Crippen molar-refractivity contribution in [1.29, 1.82) is 0 Å². The van der Waals surface area contributed by atoms with Crippen LogP contribution in [0.1, 0.15) is 11.1 Å². The van der Waals surface area contributed by atoms with E-state index < -0.39 is 0 Å². The molecule has 7 heteroatoms. The average Bonchev–Trinajstić information content (AvgIpc) is 2.61. The topological polar surface area (TPSA) is 45.7 Å². The van der Waals surface area contributed by atoms with E-state index in [4.69, 9.17) is 28.6 Å². The van der Waals surface area contributed by atoms with Gasteiger partial charge in [-0.15, -0.1) is 6.58 Å². The minimum absolute atomic E-state index is 0.0593. The highest BCUT2D eigenvalue weighted by Crippen LogP contribution is 2.21. The Bertz CT molecular complexity index is 745. The molecule has 4 nitrogen and oxygen atoms in total. The number of hydrogen-bond acceptors (Lipinski definition) is 3. The van der Waals surface area contributed by atoms with Gasteiger partial charge in [-0.2, -0.15) is 5.10 Å². The summed E-state index contributed by atoms with van der Waals surface area (Å²) in [6, 6.07) is 11.7. The Morgan fingerprint density at radius 1 is 1.28 bits per heavy atom. The zero-order valence-corrected chi connectivity index (χ0v) is 14.9. The predicted octanol–water partition coefficient (Wildman–Crippen LogP) is 4.04. The van der Waals surface area contributed by atoms with Gasteiger partial charge < -0.3 is 10.1 Å². The van der Waals surface area contributed by atoms with Crippen molar-refractivity contribution in [3.8, 4) is 5.75 Å². The molecule has 0 bridgehead atoms. The summed E-state index contributed by atoms with van der Waals surface area (Å²) in [6.07, 6.45) is 3.32. The van der Waals surface area contributed by atoms with E-state index in [1.807, 2.05) is 12.1 Å². The van der Waals surface area contributed by atoms with E-state index in [0.29, 0.717) is 28.0 Å². The second-order valence-corrected chi connectivity index (χ2v) is 5.74. The third-order valence-corrected chi connectivity index (χ3v) is 3.70. The molecule has 0 atom stereocenters. The molecule has 0 saturated carbocycles. The summed E-state index contributed by atoms with van der Waals surface area (Å²) < 4.78 is 19.3. The van der Waals surface area contributed by atoms with Crippen molar-refractivity contribution >= 4 is 35.1 Å². The lowest BCUT2D eigenvalue weighted by molar-refractivity contribution is 0.300. The first kappa shape index (κ1) is 18.9. The number of ether oxygens (including phenoxy) is 1. The fourth-order valence-electron chi connectivity index (χ4n) is 1.85. The molecule has 0 aliphatic carbocycles. The smallest absolute Gasteiger partial charge is 0.187 e. The number of halogens is 2. The van der Waals surface area contributed by atoms with Crippen LogP contribution in [0.25, 0.3) is 0 Å². The maximum atomic E-state index is 13.7. The molecule has 0 aliphatic heterocycles. The molecule has 0 aliphatic rings. The molecule has 130 valence electrons. The van der Waals surface area contributed by atoms with Gasteiger partial charge in [0.15, 0.2) is 5.11 Å². The van der Waals surface area contributed by atoms with Gasteiger partial charge in [0, 0.05) is 12.1 Å². The molecule has 2 aromatic carbocycles. The predicted molar refractivity (Wildman–Crippen MR) is 104 cm³/mol. The summed E-state index contributed by atoms with van der Waals surface area (Å²) in [5.41, 5.74) is 3.88. The highest BCUT2D eigenvalue weighted by molar-refractivity contribution is 7.80. The molecule has 0 heterocycles. The first-order valence-electron chi connectivity index (χ1n) is 7.43. The lowest BCUT2D eigenvalue weighted by atomic mass is 10.2.